The van der Waals surface area contributed by atoms with Crippen LogP contribution in [0.1, 0.15) is 11.1 Å². The molecule has 1 unspecified atom stereocenters. The van der Waals surface area contributed by atoms with Crippen molar-refractivity contribution < 1.29 is 4.74 Å². The Labute approximate surface area is 150 Å². The van der Waals surface area contributed by atoms with Crippen LogP contribution in [0, 0.1) is 0 Å². The summed E-state index contributed by atoms with van der Waals surface area (Å²) in [6.07, 6.45) is 1.04. The number of nitrogens with zero attached hydrogens (tertiary/aromatic N) is 1. The van der Waals surface area contributed by atoms with E-state index in [1.807, 2.05) is 12.1 Å². The van der Waals surface area contributed by atoms with Gasteiger partial charge in [0.2, 0.25) is 0 Å². The van der Waals surface area contributed by atoms with Crippen molar-refractivity contribution in [2.45, 2.75) is 19.1 Å². The molecule has 1 atom stereocenters. The van der Waals surface area contributed by atoms with Crippen LogP contribution in [0.5, 0.6) is 0 Å². The molecule has 2 nitrogen and oxygen atoms in total. The second-order valence-electron chi connectivity index (χ2n) is 6.32. The Balaban J connectivity index is 1.67. The van der Waals surface area contributed by atoms with Crippen molar-refractivity contribution in [2.24, 2.45) is 0 Å². The van der Waals surface area contributed by atoms with E-state index in [4.69, 9.17) is 4.74 Å². The molecule has 0 heterocycles. The second-order valence-corrected chi connectivity index (χ2v) is 6.32. The summed E-state index contributed by atoms with van der Waals surface area (Å²) in [7, 11) is 2.12. The van der Waals surface area contributed by atoms with Gasteiger partial charge in [-0.3, -0.25) is 0 Å². The first-order chi connectivity index (χ1) is 12.3. The lowest BCUT2D eigenvalue weighted by Gasteiger charge is -2.26. The van der Waals surface area contributed by atoms with E-state index in [9.17, 15) is 0 Å². The van der Waals surface area contributed by atoms with Crippen molar-refractivity contribution in [1.82, 2.24) is 0 Å². The Morgan fingerprint density at radius 3 is 1.84 bits per heavy atom. The minimum atomic E-state index is 0.132. The lowest BCUT2D eigenvalue weighted by Crippen LogP contribution is -2.32. The highest BCUT2D eigenvalue weighted by Gasteiger charge is 2.14. The summed E-state index contributed by atoms with van der Waals surface area (Å²) >= 11 is 0. The predicted octanol–water partition coefficient (Wildman–Crippen LogP) is 4.95. The molecule has 3 rings (SSSR count). The highest BCUT2D eigenvalue weighted by Crippen LogP contribution is 2.15. The summed E-state index contributed by atoms with van der Waals surface area (Å²) in [6.45, 7) is 1.49. The van der Waals surface area contributed by atoms with Crippen molar-refractivity contribution in [1.29, 1.82) is 0 Å². The van der Waals surface area contributed by atoms with E-state index in [2.05, 4.69) is 90.8 Å². The van der Waals surface area contributed by atoms with Gasteiger partial charge in [-0.2, -0.15) is 0 Å². The minimum absolute atomic E-state index is 0.132. The molecular weight excluding hydrogens is 306 g/mol. The van der Waals surface area contributed by atoms with Crippen LogP contribution < -0.4 is 4.90 Å². The molecule has 3 aromatic rings. The summed E-state index contributed by atoms with van der Waals surface area (Å²) in [4.78, 5) is 2.26. The van der Waals surface area contributed by atoms with Gasteiger partial charge in [-0.15, -0.1) is 0 Å². The van der Waals surface area contributed by atoms with Gasteiger partial charge < -0.3 is 9.64 Å². The average molecular weight is 331 g/mol. The standard InChI is InChI=1S/C23H25NO/c1-24(22-15-9-4-10-16-22)18-23(17-20-11-5-2-6-12-20)25-19-21-13-7-3-8-14-21/h2-16,23H,17-19H2,1H3. The lowest BCUT2D eigenvalue weighted by molar-refractivity contribution is 0.0461. The van der Waals surface area contributed by atoms with E-state index >= 15 is 0 Å². The van der Waals surface area contributed by atoms with Gasteiger partial charge in [0, 0.05) is 25.7 Å². The third-order valence-corrected chi connectivity index (χ3v) is 4.31. The smallest absolute Gasteiger partial charge is 0.0794 e. The van der Waals surface area contributed by atoms with Crippen LogP contribution in [0.15, 0.2) is 91.0 Å². The number of ether oxygens (including phenoxy) is 1. The van der Waals surface area contributed by atoms with Crippen LogP contribution in [0.25, 0.3) is 0 Å². The molecule has 128 valence electrons. The first-order valence-corrected chi connectivity index (χ1v) is 8.77. The molecule has 0 spiro atoms. The predicted molar refractivity (Wildman–Crippen MR) is 105 cm³/mol. The molecule has 0 bridgehead atoms. The number of para-hydroxylation sites is 1. The van der Waals surface area contributed by atoms with Gasteiger partial charge in [0.15, 0.2) is 0 Å². The molecule has 25 heavy (non-hydrogen) atoms. The SMILES string of the molecule is CN(CC(Cc1ccccc1)OCc1ccccc1)c1ccccc1. The zero-order valence-corrected chi connectivity index (χ0v) is 14.7. The molecule has 0 fully saturated rings. The maximum atomic E-state index is 6.28. The Morgan fingerprint density at radius 2 is 1.24 bits per heavy atom. The van der Waals surface area contributed by atoms with Gasteiger partial charge in [-0.1, -0.05) is 78.9 Å². The first-order valence-electron chi connectivity index (χ1n) is 8.77. The largest absolute Gasteiger partial charge is 0.372 e. The van der Waals surface area contributed by atoms with E-state index < -0.39 is 0 Å². The zero-order valence-electron chi connectivity index (χ0n) is 14.7. The van der Waals surface area contributed by atoms with E-state index in [-0.39, 0.29) is 6.10 Å². The number of hydrogen-bond donors (Lipinski definition) is 0. The summed E-state index contributed by atoms with van der Waals surface area (Å²) in [5.41, 5.74) is 3.73. The fourth-order valence-electron chi connectivity index (χ4n) is 2.93. The lowest BCUT2D eigenvalue weighted by atomic mass is 10.1. The fourth-order valence-corrected chi connectivity index (χ4v) is 2.93. The van der Waals surface area contributed by atoms with Crippen LogP contribution in [0.2, 0.25) is 0 Å². The quantitative estimate of drug-likeness (QED) is 0.579. The molecule has 0 saturated carbocycles. The van der Waals surface area contributed by atoms with E-state index in [1.165, 1.54) is 16.8 Å². The second kappa shape index (κ2) is 9.05. The third-order valence-electron chi connectivity index (χ3n) is 4.31. The molecule has 0 aromatic heterocycles. The minimum Gasteiger partial charge on any atom is -0.372 e. The summed E-state index contributed by atoms with van der Waals surface area (Å²) in [5.74, 6) is 0. The molecule has 0 aliphatic carbocycles. The fraction of sp³-hybridized carbons (Fsp3) is 0.217. The van der Waals surface area contributed by atoms with Crippen molar-refractivity contribution in [3.8, 4) is 0 Å². The van der Waals surface area contributed by atoms with E-state index in [1.54, 1.807) is 0 Å². The average Bonchev–Trinajstić information content (AvgIpc) is 2.68. The molecule has 0 radical (unpaired) electrons. The van der Waals surface area contributed by atoms with Gasteiger partial charge in [-0.05, 0) is 23.3 Å². The molecule has 0 saturated heterocycles. The van der Waals surface area contributed by atoms with Gasteiger partial charge in [-0.25, -0.2) is 0 Å². The molecule has 0 aliphatic rings. The molecule has 0 N–H and O–H groups in total. The van der Waals surface area contributed by atoms with Gasteiger partial charge in [0.05, 0.1) is 12.7 Å². The summed E-state index contributed by atoms with van der Waals surface area (Å²) in [5, 5.41) is 0. The van der Waals surface area contributed by atoms with Crippen molar-refractivity contribution in [3.63, 3.8) is 0 Å². The van der Waals surface area contributed by atoms with Crippen LogP contribution in [-0.4, -0.2) is 19.7 Å². The number of benzene rings is 3. The molecule has 0 amide bonds. The topological polar surface area (TPSA) is 12.5 Å². The van der Waals surface area contributed by atoms with E-state index in [0.29, 0.717) is 6.61 Å². The van der Waals surface area contributed by atoms with Crippen LogP contribution >= 0.6 is 0 Å². The maximum absolute atomic E-state index is 6.28. The molecular formula is C23H25NO. The van der Waals surface area contributed by atoms with Crippen LogP contribution in [0.3, 0.4) is 0 Å². The Hall–Kier alpha value is -2.58. The highest BCUT2D eigenvalue weighted by atomic mass is 16.5. The van der Waals surface area contributed by atoms with Crippen LogP contribution in [-0.2, 0) is 17.8 Å². The summed E-state index contributed by atoms with van der Waals surface area (Å²) in [6, 6.07) is 31.4. The van der Waals surface area contributed by atoms with Gasteiger partial charge in [0.25, 0.3) is 0 Å². The first kappa shape index (κ1) is 17.2. The van der Waals surface area contributed by atoms with Crippen LogP contribution in [0.4, 0.5) is 5.69 Å². The Bertz CT molecular complexity index is 728. The molecule has 2 heteroatoms. The van der Waals surface area contributed by atoms with Gasteiger partial charge in [0.1, 0.15) is 0 Å². The normalized spacial score (nSPS) is 11.9. The Kier molecular flexibility index (Phi) is 6.24. The van der Waals surface area contributed by atoms with Crippen molar-refractivity contribution >= 4 is 5.69 Å². The molecule has 3 aromatic carbocycles. The van der Waals surface area contributed by atoms with Crippen molar-refractivity contribution in [3.05, 3.63) is 102 Å². The number of rotatable bonds is 8. The Morgan fingerprint density at radius 1 is 0.720 bits per heavy atom. The number of anilines is 1. The zero-order chi connectivity index (χ0) is 17.3. The van der Waals surface area contributed by atoms with Gasteiger partial charge >= 0.3 is 0 Å². The van der Waals surface area contributed by atoms with E-state index in [0.717, 1.165) is 13.0 Å². The number of likely N-dealkylation sites (N-methyl/N-ethyl adjacent to an activating group) is 1. The third kappa shape index (κ3) is 5.47. The number of hydrogen-bond acceptors (Lipinski definition) is 2. The highest BCUT2D eigenvalue weighted by molar-refractivity contribution is 5.45. The summed E-state index contributed by atoms with van der Waals surface area (Å²) < 4.78 is 6.28. The van der Waals surface area contributed by atoms with Crippen molar-refractivity contribution in [2.75, 3.05) is 18.5 Å². The monoisotopic (exact) mass is 331 g/mol. The maximum Gasteiger partial charge on any atom is 0.0794 e. The molecule has 0 aliphatic heterocycles.